The van der Waals surface area contributed by atoms with Crippen molar-refractivity contribution in [2.24, 2.45) is 0 Å². The maximum absolute atomic E-state index is 13.1. The molecular weight excluding hydrogens is 471 g/mol. The molecule has 1 atom stereocenters. The van der Waals surface area contributed by atoms with Gasteiger partial charge in [-0.1, -0.05) is 66.2 Å². The van der Waals surface area contributed by atoms with Crippen molar-refractivity contribution in [2.75, 3.05) is 6.61 Å². The van der Waals surface area contributed by atoms with E-state index in [1.807, 2.05) is 0 Å². The van der Waals surface area contributed by atoms with Crippen LogP contribution in [-0.4, -0.2) is 35.4 Å². The highest BCUT2D eigenvalue weighted by Crippen LogP contribution is 2.24. The van der Waals surface area contributed by atoms with Crippen LogP contribution in [0.1, 0.15) is 44.6 Å². The van der Waals surface area contributed by atoms with E-state index in [0.717, 1.165) is 31.2 Å². The van der Waals surface area contributed by atoms with Crippen molar-refractivity contribution in [1.82, 2.24) is 10.2 Å². The lowest BCUT2D eigenvalue weighted by atomic mass is 9.95. The van der Waals surface area contributed by atoms with Gasteiger partial charge in [-0.2, -0.15) is 0 Å². The SMILES string of the molecule is C[C@H](C(=O)NC1CCCCC1)N(Cc1ccc(Cl)c(Cl)c1)C(=O)COc1cccc(Cl)c1. The van der Waals surface area contributed by atoms with Gasteiger partial charge in [-0.15, -0.1) is 0 Å². The van der Waals surface area contributed by atoms with Crippen molar-refractivity contribution in [3.63, 3.8) is 0 Å². The zero-order chi connectivity index (χ0) is 23.1. The summed E-state index contributed by atoms with van der Waals surface area (Å²) in [5.74, 6) is -0.00458. The number of nitrogens with one attached hydrogen (secondary N) is 1. The third-order valence-corrected chi connectivity index (χ3v) is 6.59. The van der Waals surface area contributed by atoms with Gasteiger partial charge in [0.2, 0.25) is 5.91 Å². The third kappa shape index (κ3) is 7.03. The topological polar surface area (TPSA) is 58.6 Å². The number of ether oxygens (including phenoxy) is 1. The summed E-state index contributed by atoms with van der Waals surface area (Å²) in [6.07, 6.45) is 5.36. The van der Waals surface area contributed by atoms with Gasteiger partial charge in [0.1, 0.15) is 11.8 Å². The monoisotopic (exact) mass is 496 g/mol. The van der Waals surface area contributed by atoms with Crippen LogP contribution in [0.4, 0.5) is 0 Å². The van der Waals surface area contributed by atoms with E-state index in [-0.39, 0.29) is 31.0 Å². The van der Waals surface area contributed by atoms with E-state index in [2.05, 4.69) is 5.32 Å². The van der Waals surface area contributed by atoms with Crippen molar-refractivity contribution in [1.29, 1.82) is 0 Å². The second-order valence-corrected chi connectivity index (χ2v) is 9.29. The van der Waals surface area contributed by atoms with E-state index in [0.29, 0.717) is 20.8 Å². The standard InChI is InChI=1S/C24H27Cl3N2O3/c1-16(24(31)28-19-7-3-2-4-8-19)29(14-17-10-11-21(26)22(27)12-17)23(30)15-32-20-9-5-6-18(25)13-20/h5-6,9-13,16,19H,2-4,7-8,14-15H2,1H3,(H,28,31)/t16-/m1/s1. The van der Waals surface area contributed by atoms with E-state index in [9.17, 15) is 9.59 Å². The Morgan fingerprint density at radius 2 is 1.81 bits per heavy atom. The van der Waals surface area contributed by atoms with Gasteiger partial charge in [0.05, 0.1) is 10.0 Å². The molecule has 0 heterocycles. The van der Waals surface area contributed by atoms with Gasteiger partial charge in [-0.25, -0.2) is 0 Å². The summed E-state index contributed by atoms with van der Waals surface area (Å²) in [5.41, 5.74) is 0.771. The molecule has 0 radical (unpaired) electrons. The fourth-order valence-electron chi connectivity index (χ4n) is 3.77. The molecule has 1 saturated carbocycles. The third-order valence-electron chi connectivity index (χ3n) is 5.61. The van der Waals surface area contributed by atoms with Gasteiger partial charge in [0.15, 0.2) is 6.61 Å². The largest absolute Gasteiger partial charge is 0.484 e. The summed E-state index contributed by atoms with van der Waals surface area (Å²) < 4.78 is 5.64. The Hall–Kier alpha value is -1.95. The summed E-state index contributed by atoms with van der Waals surface area (Å²) in [6, 6.07) is 11.5. The van der Waals surface area contributed by atoms with E-state index in [1.54, 1.807) is 49.4 Å². The van der Waals surface area contributed by atoms with Crippen molar-refractivity contribution in [3.05, 3.63) is 63.1 Å². The molecule has 0 unspecified atom stereocenters. The number of hydrogen-bond acceptors (Lipinski definition) is 3. The maximum atomic E-state index is 13.1. The summed E-state index contributed by atoms with van der Waals surface area (Å²) in [5, 5.41) is 4.45. The Bertz CT molecular complexity index is 948. The molecule has 1 aliphatic carbocycles. The minimum atomic E-state index is -0.679. The second-order valence-electron chi connectivity index (χ2n) is 8.04. The normalized spacial score (nSPS) is 15.1. The van der Waals surface area contributed by atoms with Crippen molar-refractivity contribution < 1.29 is 14.3 Å². The van der Waals surface area contributed by atoms with Crippen molar-refractivity contribution in [2.45, 2.75) is 57.7 Å². The highest BCUT2D eigenvalue weighted by Gasteiger charge is 2.28. The van der Waals surface area contributed by atoms with E-state index < -0.39 is 6.04 Å². The van der Waals surface area contributed by atoms with Crippen LogP contribution in [0.15, 0.2) is 42.5 Å². The number of carbonyl (C=O) groups excluding carboxylic acids is 2. The van der Waals surface area contributed by atoms with E-state index in [1.165, 1.54) is 11.3 Å². The van der Waals surface area contributed by atoms with Crippen LogP contribution in [0.3, 0.4) is 0 Å². The quantitative estimate of drug-likeness (QED) is 0.494. The molecule has 0 bridgehead atoms. The first-order chi connectivity index (χ1) is 15.3. The number of halogens is 3. The smallest absolute Gasteiger partial charge is 0.261 e. The first-order valence-electron chi connectivity index (χ1n) is 10.8. The molecule has 0 saturated heterocycles. The fraction of sp³-hybridized carbons (Fsp3) is 0.417. The lowest BCUT2D eigenvalue weighted by Crippen LogP contribution is -2.51. The highest BCUT2D eigenvalue weighted by molar-refractivity contribution is 6.42. The summed E-state index contributed by atoms with van der Waals surface area (Å²) in [7, 11) is 0. The molecule has 2 amide bonds. The minimum Gasteiger partial charge on any atom is -0.484 e. The molecule has 0 spiro atoms. The second kappa shape index (κ2) is 11.8. The summed E-state index contributed by atoms with van der Waals surface area (Å²) >= 11 is 18.2. The Labute approximate surface area is 204 Å². The number of hydrogen-bond donors (Lipinski definition) is 1. The number of benzene rings is 2. The average molecular weight is 498 g/mol. The highest BCUT2D eigenvalue weighted by atomic mass is 35.5. The zero-order valence-electron chi connectivity index (χ0n) is 18.0. The predicted octanol–water partition coefficient (Wildman–Crippen LogP) is 5.89. The van der Waals surface area contributed by atoms with Crippen LogP contribution in [0.5, 0.6) is 5.75 Å². The Balaban J connectivity index is 1.73. The maximum Gasteiger partial charge on any atom is 0.261 e. The van der Waals surface area contributed by atoms with Crippen LogP contribution in [0.25, 0.3) is 0 Å². The zero-order valence-corrected chi connectivity index (χ0v) is 20.2. The molecule has 1 fully saturated rings. The number of nitrogens with zero attached hydrogens (tertiary/aromatic N) is 1. The van der Waals surface area contributed by atoms with Gasteiger partial charge in [0, 0.05) is 17.6 Å². The number of amides is 2. The lowest BCUT2D eigenvalue weighted by Gasteiger charge is -2.31. The molecule has 0 aromatic heterocycles. The fourth-order valence-corrected chi connectivity index (χ4v) is 4.27. The van der Waals surface area contributed by atoms with Crippen LogP contribution < -0.4 is 10.1 Å². The minimum absolute atomic E-state index is 0.156. The molecule has 0 aliphatic heterocycles. The van der Waals surface area contributed by atoms with Gasteiger partial charge in [0.25, 0.3) is 5.91 Å². The Morgan fingerprint density at radius 1 is 1.06 bits per heavy atom. The van der Waals surface area contributed by atoms with Crippen molar-refractivity contribution >= 4 is 46.6 Å². The lowest BCUT2D eigenvalue weighted by molar-refractivity contribution is -0.142. The van der Waals surface area contributed by atoms with Crippen LogP contribution in [-0.2, 0) is 16.1 Å². The molecule has 5 nitrogen and oxygen atoms in total. The van der Waals surface area contributed by atoms with Gasteiger partial charge in [-0.05, 0) is 55.7 Å². The predicted molar refractivity (Wildman–Crippen MR) is 128 cm³/mol. The van der Waals surface area contributed by atoms with Crippen LogP contribution in [0, 0.1) is 0 Å². The average Bonchev–Trinajstić information content (AvgIpc) is 2.78. The number of carbonyl (C=O) groups is 2. The van der Waals surface area contributed by atoms with Crippen LogP contribution in [0.2, 0.25) is 15.1 Å². The summed E-state index contributed by atoms with van der Waals surface area (Å²) in [6.45, 7) is 1.71. The molecule has 8 heteroatoms. The van der Waals surface area contributed by atoms with E-state index in [4.69, 9.17) is 39.5 Å². The first kappa shape index (κ1) is 24.7. The Kier molecular flexibility index (Phi) is 9.09. The van der Waals surface area contributed by atoms with Gasteiger partial charge < -0.3 is 15.0 Å². The molecule has 172 valence electrons. The molecule has 2 aromatic carbocycles. The van der Waals surface area contributed by atoms with Gasteiger partial charge >= 0.3 is 0 Å². The summed E-state index contributed by atoms with van der Waals surface area (Å²) in [4.78, 5) is 27.6. The number of rotatable bonds is 8. The molecule has 2 aromatic rings. The Morgan fingerprint density at radius 3 is 2.50 bits per heavy atom. The molecule has 1 aliphatic rings. The molecule has 3 rings (SSSR count). The van der Waals surface area contributed by atoms with Crippen LogP contribution >= 0.6 is 34.8 Å². The molecule has 1 N–H and O–H groups in total. The van der Waals surface area contributed by atoms with E-state index >= 15 is 0 Å². The molecular formula is C24H27Cl3N2O3. The van der Waals surface area contributed by atoms with Crippen molar-refractivity contribution in [3.8, 4) is 5.75 Å². The van der Waals surface area contributed by atoms with Gasteiger partial charge in [-0.3, -0.25) is 9.59 Å². The molecule has 32 heavy (non-hydrogen) atoms. The first-order valence-corrected chi connectivity index (χ1v) is 11.9.